The Morgan fingerprint density at radius 2 is 2.25 bits per heavy atom. The molecule has 0 saturated heterocycles. The molecule has 0 radical (unpaired) electrons. The number of hydrogen-bond donors (Lipinski definition) is 2. The summed E-state index contributed by atoms with van der Waals surface area (Å²) in [4.78, 5) is 35.2. The summed E-state index contributed by atoms with van der Waals surface area (Å²) in [7, 11) is 1.55. The van der Waals surface area contributed by atoms with Crippen LogP contribution in [0.2, 0.25) is 5.02 Å². The van der Waals surface area contributed by atoms with E-state index < -0.39 is 11.2 Å². The first-order valence-electron chi connectivity index (χ1n) is 4.74. The molecule has 16 heavy (non-hydrogen) atoms. The van der Waals surface area contributed by atoms with Crippen LogP contribution in [-0.2, 0) is 11.3 Å². The highest BCUT2D eigenvalue weighted by molar-refractivity contribution is 6.30. The lowest BCUT2D eigenvalue weighted by molar-refractivity contribution is -0.120. The van der Waals surface area contributed by atoms with E-state index in [9.17, 15) is 14.4 Å². The van der Waals surface area contributed by atoms with Crippen molar-refractivity contribution >= 4 is 17.5 Å². The van der Waals surface area contributed by atoms with Crippen LogP contribution in [0.4, 0.5) is 0 Å². The molecule has 0 aliphatic heterocycles. The van der Waals surface area contributed by atoms with Crippen molar-refractivity contribution in [3.63, 3.8) is 0 Å². The summed E-state index contributed by atoms with van der Waals surface area (Å²) in [5, 5.41) is 2.43. The molecule has 88 valence electrons. The molecule has 0 bridgehead atoms. The monoisotopic (exact) mass is 245 g/mol. The first-order valence-corrected chi connectivity index (χ1v) is 5.12. The van der Waals surface area contributed by atoms with Crippen molar-refractivity contribution in [3.05, 3.63) is 32.1 Å². The quantitative estimate of drug-likeness (QED) is 0.765. The molecule has 0 fully saturated rings. The first kappa shape index (κ1) is 12.5. The van der Waals surface area contributed by atoms with E-state index in [1.807, 2.05) is 0 Å². The predicted molar refractivity (Wildman–Crippen MR) is 59.6 cm³/mol. The van der Waals surface area contributed by atoms with E-state index in [1.54, 1.807) is 7.05 Å². The van der Waals surface area contributed by atoms with E-state index in [1.165, 1.54) is 10.8 Å². The molecule has 0 aliphatic rings. The second-order valence-corrected chi connectivity index (χ2v) is 3.61. The SMILES string of the molecule is CNC(=O)CCCn1cc(Cl)c(=O)[nH]c1=O. The van der Waals surface area contributed by atoms with Crippen LogP contribution in [0.3, 0.4) is 0 Å². The molecule has 1 amide bonds. The lowest BCUT2D eigenvalue weighted by Gasteiger charge is -2.04. The molecule has 2 N–H and O–H groups in total. The third kappa shape index (κ3) is 3.23. The highest BCUT2D eigenvalue weighted by Gasteiger charge is 2.03. The van der Waals surface area contributed by atoms with Gasteiger partial charge in [-0.05, 0) is 6.42 Å². The zero-order valence-electron chi connectivity index (χ0n) is 8.75. The number of carbonyl (C=O) groups excluding carboxylic acids is 1. The Morgan fingerprint density at radius 3 is 2.88 bits per heavy atom. The fraction of sp³-hybridized carbons (Fsp3) is 0.444. The number of aryl methyl sites for hydroxylation is 1. The van der Waals surface area contributed by atoms with Gasteiger partial charge in [-0.25, -0.2) is 4.79 Å². The Morgan fingerprint density at radius 1 is 1.56 bits per heavy atom. The van der Waals surface area contributed by atoms with Gasteiger partial charge in [0.15, 0.2) is 0 Å². The Bertz CT molecular complexity index is 492. The third-order valence-electron chi connectivity index (χ3n) is 2.05. The van der Waals surface area contributed by atoms with Gasteiger partial charge in [-0.1, -0.05) is 11.6 Å². The van der Waals surface area contributed by atoms with Crippen LogP contribution in [0.5, 0.6) is 0 Å². The maximum atomic E-state index is 11.3. The van der Waals surface area contributed by atoms with Crippen LogP contribution in [-0.4, -0.2) is 22.5 Å². The Labute approximate surface area is 96.2 Å². The Kier molecular flexibility index (Phi) is 4.30. The van der Waals surface area contributed by atoms with Crippen LogP contribution >= 0.6 is 11.6 Å². The number of halogens is 1. The van der Waals surface area contributed by atoms with Crippen LogP contribution < -0.4 is 16.6 Å². The van der Waals surface area contributed by atoms with E-state index in [-0.39, 0.29) is 10.9 Å². The number of aromatic nitrogens is 2. The Hall–Kier alpha value is -1.56. The second-order valence-electron chi connectivity index (χ2n) is 3.21. The molecule has 1 rings (SSSR count). The standard InChI is InChI=1S/C9H12ClN3O3/c1-11-7(14)3-2-4-13-5-6(10)8(15)12-9(13)16/h5H,2-4H2,1H3,(H,11,14)(H,12,15,16). The van der Waals surface area contributed by atoms with Crippen LogP contribution in [0, 0.1) is 0 Å². The molecular weight excluding hydrogens is 234 g/mol. The van der Waals surface area contributed by atoms with Crippen molar-refractivity contribution in [2.45, 2.75) is 19.4 Å². The molecule has 0 atom stereocenters. The van der Waals surface area contributed by atoms with Gasteiger partial charge in [0.05, 0.1) is 0 Å². The predicted octanol–water partition coefficient (Wildman–Crippen LogP) is -0.284. The fourth-order valence-electron chi connectivity index (χ4n) is 1.18. The van der Waals surface area contributed by atoms with Crippen molar-refractivity contribution in [1.82, 2.24) is 14.9 Å². The van der Waals surface area contributed by atoms with Crippen molar-refractivity contribution < 1.29 is 4.79 Å². The number of aromatic amines is 1. The summed E-state index contributed by atoms with van der Waals surface area (Å²) >= 11 is 5.57. The molecule has 0 aromatic carbocycles. The number of rotatable bonds is 4. The normalized spacial score (nSPS) is 10.1. The summed E-state index contributed by atoms with van der Waals surface area (Å²) in [6.07, 6.45) is 2.09. The van der Waals surface area contributed by atoms with Crippen LogP contribution in [0.25, 0.3) is 0 Å². The minimum Gasteiger partial charge on any atom is -0.359 e. The minimum atomic E-state index is -0.603. The van der Waals surface area contributed by atoms with Gasteiger partial charge >= 0.3 is 5.69 Å². The molecule has 7 heteroatoms. The Balaban J connectivity index is 2.68. The second kappa shape index (κ2) is 5.50. The van der Waals surface area contributed by atoms with Gasteiger partial charge < -0.3 is 5.32 Å². The van der Waals surface area contributed by atoms with E-state index in [4.69, 9.17) is 11.6 Å². The van der Waals surface area contributed by atoms with Gasteiger partial charge in [0, 0.05) is 26.2 Å². The molecule has 0 saturated carbocycles. The van der Waals surface area contributed by atoms with Gasteiger partial charge in [0.2, 0.25) is 5.91 Å². The molecule has 1 heterocycles. The molecule has 1 aromatic rings. The van der Waals surface area contributed by atoms with Gasteiger partial charge in [-0.3, -0.25) is 19.1 Å². The van der Waals surface area contributed by atoms with E-state index in [0.717, 1.165) is 0 Å². The molecule has 0 spiro atoms. The average Bonchev–Trinajstić information content (AvgIpc) is 2.25. The number of amides is 1. The topological polar surface area (TPSA) is 84.0 Å². The van der Waals surface area contributed by atoms with Gasteiger partial charge in [0.1, 0.15) is 5.02 Å². The molecule has 0 unspecified atom stereocenters. The summed E-state index contributed by atoms with van der Waals surface area (Å²) < 4.78 is 1.27. The zero-order chi connectivity index (χ0) is 12.1. The van der Waals surface area contributed by atoms with Crippen molar-refractivity contribution in [2.24, 2.45) is 0 Å². The lowest BCUT2D eigenvalue weighted by atomic mass is 10.3. The number of nitrogens with zero attached hydrogens (tertiary/aromatic N) is 1. The zero-order valence-corrected chi connectivity index (χ0v) is 9.50. The van der Waals surface area contributed by atoms with E-state index in [2.05, 4.69) is 10.3 Å². The van der Waals surface area contributed by atoms with E-state index >= 15 is 0 Å². The number of hydrogen-bond acceptors (Lipinski definition) is 3. The highest BCUT2D eigenvalue weighted by Crippen LogP contribution is 1.98. The van der Waals surface area contributed by atoms with Gasteiger partial charge in [0.25, 0.3) is 5.56 Å². The first-order chi connectivity index (χ1) is 7.54. The van der Waals surface area contributed by atoms with Crippen LogP contribution in [0.1, 0.15) is 12.8 Å². The highest BCUT2D eigenvalue weighted by atomic mass is 35.5. The fourth-order valence-corrected chi connectivity index (χ4v) is 1.35. The maximum Gasteiger partial charge on any atom is 0.328 e. The summed E-state index contributed by atoms with van der Waals surface area (Å²) in [5.41, 5.74) is -1.12. The average molecular weight is 246 g/mol. The summed E-state index contributed by atoms with van der Waals surface area (Å²) in [5.74, 6) is -0.0939. The lowest BCUT2D eigenvalue weighted by Crippen LogP contribution is -2.30. The summed E-state index contributed by atoms with van der Waals surface area (Å²) in [6.45, 7) is 0.336. The summed E-state index contributed by atoms with van der Waals surface area (Å²) in [6, 6.07) is 0. The molecule has 6 nitrogen and oxygen atoms in total. The van der Waals surface area contributed by atoms with Crippen molar-refractivity contribution in [3.8, 4) is 0 Å². The minimum absolute atomic E-state index is 0.0421. The van der Waals surface area contributed by atoms with Gasteiger partial charge in [-0.2, -0.15) is 0 Å². The maximum absolute atomic E-state index is 11.3. The third-order valence-corrected chi connectivity index (χ3v) is 2.32. The number of carbonyl (C=O) groups is 1. The molecule has 1 aromatic heterocycles. The smallest absolute Gasteiger partial charge is 0.328 e. The number of H-pyrrole nitrogens is 1. The van der Waals surface area contributed by atoms with Gasteiger partial charge in [-0.15, -0.1) is 0 Å². The van der Waals surface area contributed by atoms with Crippen molar-refractivity contribution in [2.75, 3.05) is 7.05 Å². The number of nitrogens with one attached hydrogen (secondary N) is 2. The van der Waals surface area contributed by atoms with Crippen molar-refractivity contribution in [1.29, 1.82) is 0 Å². The molecule has 0 aliphatic carbocycles. The van der Waals surface area contributed by atoms with Crippen LogP contribution in [0.15, 0.2) is 15.8 Å². The molecular formula is C9H12ClN3O3. The van der Waals surface area contributed by atoms with E-state index in [0.29, 0.717) is 19.4 Å². The largest absolute Gasteiger partial charge is 0.359 e.